The molecule has 3 rings (SSSR count). The molecule has 0 bridgehead atoms. The number of rotatable bonds is 5. The summed E-state index contributed by atoms with van der Waals surface area (Å²) in [6.45, 7) is 3.94. The van der Waals surface area contributed by atoms with Gasteiger partial charge in [0.25, 0.3) is 0 Å². The molecule has 1 unspecified atom stereocenters. The molecular weight excluding hydrogens is 467 g/mol. The van der Waals surface area contributed by atoms with Gasteiger partial charge in [-0.15, -0.1) is 0 Å². The van der Waals surface area contributed by atoms with Crippen molar-refractivity contribution in [2.45, 2.75) is 33.4 Å². The Kier molecular flexibility index (Phi) is 7.14. The largest absolute Gasteiger partial charge is 0.465 e. The van der Waals surface area contributed by atoms with E-state index in [1.165, 1.54) is 17.2 Å². The molecule has 0 radical (unpaired) electrons. The van der Waals surface area contributed by atoms with E-state index in [9.17, 15) is 18.7 Å². The second-order valence-electron chi connectivity index (χ2n) is 8.32. The number of nitrogens with one attached hydrogen (secondary N) is 1. The summed E-state index contributed by atoms with van der Waals surface area (Å²) < 4.78 is 30.9. The molecule has 0 saturated carbocycles. The van der Waals surface area contributed by atoms with E-state index in [1.54, 1.807) is 12.1 Å². The third-order valence-electron chi connectivity index (χ3n) is 5.14. The van der Waals surface area contributed by atoms with Crippen LogP contribution in [0.5, 0.6) is 5.75 Å². The Morgan fingerprint density at radius 2 is 2.03 bits per heavy atom. The van der Waals surface area contributed by atoms with E-state index in [0.29, 0.717) is 18.8 Å². The Morgan fingerprint density at radius 1 is 1.31 bits per heavy atom. The van der Waals surface area contributed by atoms with Crippen LogP contribution in [-0.4, -0.2) is 58.4 Å². The lowest BCUT2D eigenvalue weighted by Gasteiger charge is -2.46. The highest BCUT2D eigenvalue weighted by atomic mass is 35.5. The SMILES string of the molecule is CC(C)(C)C1CN(c2ccc(Nc3nc(Cl)ncc3Cl)c(OC(F)F)c2)CCN1C(=O)O. The summed E-state index contributed by atoms with van der Waals surface area (Å²) in [5, 5.41) is 12.5. The van der Waals surface area contributed by atoms with E-state index in [2.05, 4.69) is 15.3 Å². The maximum absolute atomic E-state index is 13.1. The van der Waals surface area contributed by atoms with Gasteiger partial charge in [-0.05, 0) is 29.1 Å². The molecular formula is C20H23Cl2F2N5O3. The highest BCUT2D eigenvalue weighted by Gasteiger charge is 2.38. The van der Waals surface area contributed by atoms with Crippen molar-refractivity contribution in [3.05, 3.63) is 34.7 Å². The van der Waals surface area contributed by atoms with Crippen molar-refractivity contribution in [1.29, 1.82) is 0 Å². The maximum Gasteiger partial charge on any atom is 0.407 e. The summed E-state index contributed by atoms with van der Waals surface area (Å²) in [6.07, 6.45) is 0.307. The molecule has 2 heterocycles. The van der Waals surface area contributed by atoms with Gasteiger partial charge < -0.3 is 25.0 Å². The zero-order chi connectivity index (χ0) is 23.6. The predicted octanol–water partition coefficient (Wildman–Crippen LogP) is 5.34. The highest BCUT2D eigenvalue weighted by Crippen LogP contribution is 2.36. The Morgan fingerprint density at radius 3 is 2.66 bits per heavy atom. The number of carbonyl (C=O) groups is 1. The fraction of sp³-hybridized carbons (Fsp3) is 0.450. The number of piperazine rings is 1. The maximum atomic E-state index is 13.1. The first kappa shape index (κ1) is 24.1. The van der Waals surface area contributed by atoms with Crippen molar-refractivity contribution < 1.29 is 23.4 Å². The van der Waals surface area contributed by atoms with Gasteiger partial charge in [-0.1, -0.05) is 32.4 Å². The van der Waals surface area contributed by atoms with Crippen LogP contribution < -0.4 is 15.0 Å². The summed E-state index contributed by atoms with van der Waals surface area (Å²) >= 11 is 11.9. The van der Waals surface area contributed by atoms with Gasteiger partial charge in [0.2, 0.25) is 5.28 Å². The highest BCUT2D eigenvalue weighted by molar-refractivity contribution is 6.33. The average molecular weight is 490 g/mol. The zero-order valence-corrected chi connectivity index (χ0v) is 19.2. The number of aromatic nitrogens is 2. The number of nitrogens with zero attached hydrogens (tertiary/aromatic N) is 4. The van der Waals surface area contributed by atoms with Crippen LogP contribution in [0.1, 0.15) is 20.8 Å². The lowest BCUT2D eigenvalue weighted by Crippen LogP contribution is -2.59. The van der Waals surface area contributed by atoms with Gasteiger partial charge in [0.05, 0.1) is 17.9 Å². The number of halogens is 4. The van der Waals surface area contributed by atoms with E-state index in [1.807, 2.05) is 25.7 Å². The molecule has 32 heavy (non-hydrogen) atoms. The first-order valence-electron chi connectivity index (χ1n) is 9.74. The number of benzene rings is 1. The van der Waals surface area contributed by atoms with Gasteiger partial charge in [-0.25, -0.2) is 9.78 Å². The number of alkyl halides is 2. The summed E-state index contributed by atoms with van der Waals surface area (Å²) in [7, 11) is 0. The third kappa shape index (κ3) is 5.60. The average Bonchev–Trinajstić information content (AvgIpc) is 2.70. The molecule has 1 fully saturated rings. The number of amides is 1. The van der Waals surface area contributed by atoms with Crippen LogP contribution >= 0.6 is 23.2 Å². The van der Waals surface area contributed by atoms with Crippen molar-refractivity contribution in [2.75, 3.05) is 29.9 Å². The van der Waals surface area contributed by atoms with E-state index < -0.39 is 12.7 Å². The summed E-state index contributed by atoms with van der Waals surface area (Å²) in [6, 6.07) is 4.48. The van der Waals surface area contributed by atoms with E-state index in [4.69, 9.17) is 27.9 Å². The smallest absolute Gasteiger partial charge is 0.407 e. The molecule has 1 saturated heterocycles. The molecule has 8 nitrogen and oxygen atoms in total. The lowest BCUT2D eigenvalue weighted by atomic mass is 9.84. The van der Waals surface area contributed by atoms with Gasteiger partial charge in [0.15, 0.2) is 11.6 Å². The van der Waals surface area contributed by atoms with Crippen LogP contribution in [0.25, 0.3) is 0 Å². The minimum atomic E-state index is -3.05. The van der Waals surface area contributed by atoms with Crippen LogP contribution in [0.3, 0.4) is 0 Å². The number of hydrogen-bond acceptors (Lipinski definition) is 6. The van der Waals surface area contributed by atoms with E-state index >= 15 is 0 Å². The first-order chi connectivity index (χ1) is 15.0. The predicted molar refractivity (Wildman–Crippen MR) is 119 cm³/mol. The van der Waals surface area contributed by atoms with Gasteiger partial charge >= 0.3 is 12.7 Å². The van der Waals surface area contributed by atoms with Crippen LogP contribution in [-0.2, 0) is 0 Å². The molecule has 1 aromatic carbocycles. The van der Waals surface area contributed by atoms with Crippen molar-refractivity contribution >= 4 is 46.5 Å². The Labute approximate surface area is 194 Å². The quantitative estimate of drug-likeness (QED) is 0.547. The number of anilines is 3. The first-order valence-corrected chi connectivity index (χ1v) is 10.5. The minimum absolute atomic E-state index is 0.0608. The fourth-order valence-corrected chi connectivity index (χ4v) is 3.82. The Bertz CT molecular complexity index is 990. The van der Waals surface area contributed by atoms with Crippen LogP contribution in [0, 0.1) is 5.41 Å². The summed E-state index contributed by atoms with van der Waals surface area (Å²) in [4.78, 5) is 22.7. The molecule has 2 N–H and O–H groups in total. The molecule has 2 aromatic rings. The molecule has 12 heteroatoms. The minimum Gasteiger partial charge on any atom is -0.465 e. The van der Waals surface area contributed by atoms with Gasteiger partial charge in [-0.2, -0.15) is 13.8 Å². The number of carboxylic acid groups (broad SMARTS) is 1. The second-order valence-corrected chi connectivity index (χ2v) is 9.07. The summed E-state index contributed by atoms with van der Waals surface area (Å²) in [5.74, 6) is 0.0256. The third-order valence-corrected chi connectivity index (χ3v) is 5.60. The Balaban J connectivity index is 1.91. The van der Waals surface area contributed by atoms with Crippen molar-refractivity contribution in [2.24, 2.45) is 5.41 Å². The number of ether oxygens (including phenoxy) is 1. The Hall–Kier alpha value is -2.59. The summed E-state index contributed by atoms with van der Waals surface area (Å²) in [5.41, 5.74) is 0.517. The molecule has 1 amide bonds. The second kappa shape index (κ2) is 9.50. The molecule has 174 valence electrons. The van der Waals surface area contributed by atoms with Crippen molar-refractivity contribution in [1.82, 2.24) is 14.9 Å². The standard InChI is InChI=1S/C20H23Cl2F2N5O3/c1-20(2,3)15-10-28(6-7-29(15)19(30)31)11-4-5-13(14(8-11)32-18(23)24)26-16-12(21)9-25-17(22)27-16/h4-5,8-9,15,18H,6-7,10H2,1-3H3,(H,30,31)(H,25,26,27). The monoisotopic (exact) mass is 489 g/mol. The van der Waals surface area contributed by atoms with Gasteiger partial charge in [0, 0.05) is 31.4 Å². The molecule has 1 atom stereocenters. The van der Waals surface area contributed by atoms with Gasteiger partial charge in [-0.3, -0.25) is 0 Å². The lowest BCUT2D eigenvalue weighted by molar-refractivity contribution is -0.0493. The fourth-order valence-electron chi connectivity index (χ4n) is 3.55. The van der Waals surface area contributed by atoms with Crippen LogP contribution in [0.4, 0.5) is 30.8 Å². The normalized spacial score (nSPS) is 16.9. The van der Waals surface area contributed by atoms with Crippen LogP contribution in [0.15, 0.2) is 24.4 Å². The van der Waals surface area contributed by atoms with Crippen molar-refractivity contribution in [3.63, 3.8) is 0 Å². The molecule has 1 aliphatic rings. The van der Waals surface area contributed by atoms with Crippen LogP contribution in [0.2, 0.25) is 10.3 Å². The zero-order valence-electron chi connectivity index (χ0n) is 17.6. The topological polar surface area (TPSA) is 90.8 Å². The molecule has 1 aromatic heterocycles. The number of hydrogen-bond donors (Lipinski definition) is 2. The van der Waals surface area contributed by atoms with Gasteiger partial charge in [0.1, 0.15) is 5.02 Å². The van der Waals surface area contributed by atoms with E-state index in [-0.39, 0.29) is 45.6 Å². The van der Waals surface area contributed by atoms with E-state index in [0.717, 1.165) is 0 Å². The molecule has 0 aliphatic carbocycles. The molecule has 1 aliphatic heterocycles. The molecule has 0 spiro atoms. The van der Waals surface area contributed by atoms with Crippen molar-refractivity contribution in [3.8, 4) is 5.75 Å².